The predicted molar refractivity (Wildman–Crippen MR) is 154 cm³/mol. The number of rotatable bonds is 5. The number of fused-ring (bicyclic) bond motifs is 2. The third-order valence-corrected chi connectivity index (χ3v) is 9.14. The summed E-state index contributed by atoms with van der Waals surface area (Å²) in [6.07, 6.45) is 6.54. The van der Waals surface area contributed by atoms with Gasteiger partial charge in [-0.2, -0.15) is 0 Å². The monoisotopic (exact) mass is 579 g/mol. The number of amides is 3. The maximum Gasteiger partial charge on any atom is 0.313 e. The van der Waals surface area contributed by atoms with Crippen LogP contribution in [-0.4, -0.2) is 100 Å². The van der Waals surface area contributed by atoms with E-state index in [4.69, 9.17) is 9.47 Å². The Morgan fingerprint density at radius 3 is 2.50 bits per heavy atom. The van der Waals surface area contributed by atoms with Crippen molar-refractivity contribution in [3.63, 3.8) is 0 Å². The Bertz CT molecular complexity index is 1260. The van der Waals surface area contributed by atoms with Crippen LogP contribution >= 0.6 is 0 Å². The van der Waals surface area contributed by atoms with Gasteiger partial charge in [-0.15, -0.1) is 0 Å². The van der Waals surface area contributed by atoms with E-state index < -0.39 is 47.7 Å². The molecule has 0 radical (unpaired) electrons. The molecule has 7 atom stereocenters. The Kier molecular flexibility index (Phi) is 8.57. The summed E-state index contributed by atoms with van der Waals surface area (Å²) >= 11 is 0. The molecule has 1 spiro atoms. The molecule has 3 amide bonds. The van der Waals surface area contributed by atoms with Crippen LogP contribution in [0.3, 0.4) is 0 Å². The Balaban J connectivity index is 1.61. The number of esters is 1. The van der Waals surface area contributed by atoms with Gasteiger partial charge in [-0.1, -0.05) is 54.6 Å². The fourth-order valence-electron chi connectivity index (χ4n) is 6.85. The predicted octanol–water partition coefficient (Wildman–Crippen LogP) is 2.24. The number of aliphatic hydroxyl groups excluding tert-OH is 1. The van der Waals surface area contributed by atoms with E-state index in [9.17, 15) is 24.3 Å². The summed E-state index contributed by atoms with van der Waals surface area (Å²) in [5, 5.41) is 9.59. The summed E-state index contributed by atoms with van der Waals surface area (Å²) in [6.45, 7) is 6.04. The van der Waals surface area contributed by atoms with E-state index in [1.54, 1.807) is 35.1 Å². The number of likely N-dealkylation sites (N-methyl/N-ethyl adjacent to an activating group) is 1. The molecule has 0 bridgehead atoms. The van der Waals surface area contributed by atoms with Crippen LogP contribution in [0.15, 0.2) is 54.6 Å². The zero-order valence-corrected chi connectivity index (χ0v) is 24.7. The Morgan fingerprint density at radius 2 is 1.81 bits per heavy atom. The summed E-state index contributed by atoms with van der Waals surface area (Å²) in [6, 6.07) is 7.68. The van der Waals surface area contributed by atoms with Gasteiger partial charge >= 0.3 is 5.97 Å². The van der Waals surface area contributed by atoms with Crippen LogP contribution in [-0.2, 0) is 28.7 Å². The standard InChI is InChI=1S/C32H41N3O7/c1-20(2)34-17-10-16-32-26(29(38)35(18-11-19-36)28(32)30(34)39)25-23(42-32)14-8-9-15-24(37)33(4)21(3)27(41-31(25)40)22-12-6-5-7-13-22/h5-8,10,12-14,16,20-21,23,25-28,36H,9,11,15,17-19H2,1-4H3/b14-8-/t21-,23-,25+,26+,27+,28-,32+/m1/s1. The van der Waals surface area contributed by atoms with E-state index in [1.165, 1.54) is 4.90 Å². The van der Waals surface area contributed by atoms with Crippen molar-refractivity contribution >= 4 is 23.7 Å². The lowest BCUT2D eigenvalue weighted by atomic mass is 9.77. The second-order valence-electron chi connectivity index (χ2n) is 11.9. The van der Waals surface area contributed by atoms with Crippen molar-refractivity contribution in [2.45, 2.75) is 76.0 Å². The molecule has 4 aliphatic heterocycles. The van der Waals surface area contributed by atoms with Gasteiger partial charge in [0.1, 0.15) is 23.7 Å². The van der Waals surface area contributed by atoms with Gasteiger partial charge in [-0.25, -0.2) is 0 Å². The number of hydrogen-bond donors (Lipinski definition) is 1. The molecule has 1 N–H and O–H groups in total. The molecule has 2 fully saturated rings. The first-order valence-corrected chi connectivity index (χ1v) is 14.9. The second kappa shape index (κ2) is 12.0. The van der Waals surface area contributed by atoms with Gasteiger partial charge in [0.25, 0.3) is 0 Å². The molecule has 226 valence electrons. The quantitative estimate of drug-likeness (QED) is 0.420. The number of benzene rings is 1. The number of carbonyl (C=O) groups is 4. The smallest absolute Gasteiger partial charge is 0.313 e. The van der Waals surface area contributed by atoms with Crippen LogP contribution in [0.2, 0.25) is 0 Å². The maximum atomic E-state index is 14.3. The third kappa shape index (κ3) is 5.04. The first-order chi connectivity index (χ1) is 20.1. The Morgan fingerprint density at radius 1 is 1.07 bits per heavy atom. The van der Waals surface area contributed by atoms with Gasteiger partial charge in [0.15, 0.2) is 0 Å². The van der Waals surface area contributed by atoms with Gasteiger partial charge < -0.3 is 29.3 Å². The molecule has 4 aliphatic rings. The number of allylic oxidation sites excluding steroid dienone is 1. The average molecular weight is 580 g/mol. The van der Waals surface area contributed by atoms with Crippen molar-refractivity contribution in [3.05, 3.63) is 60.2 Å². The SMILES string of the molecule is CC(C)N1CC=C[C@]23O[C@@H]4/C=C\CCC(=O)N(C)[C@H](C)[C@@H](c5ccccc5)OC(=O)[C@@H]4[C@H]2C(=O)N(CCCO)[C@@H]3C1=O. The van der Waals surface area contributed by atoms with Crippen LogP contribution in [0.1, 0.15) is 51.7 Å². The normalized spacial score (nSPS) is 34.4. The molecule has 1 aromatic rings. The van der Waals surface area contributed by atoms with Crippen molar-refractivity contribution in [3.8, 4) is 0 Å². The van der Waals surface area contributed by atoms with Gasteiger partial charge in [-0.3, -0.25) is 19.2 Å². The lowest BCUT2D eigenvalue weighted by molar-refractivity contribution is -0.164. The van der Waals surface area contributed by atoms with E-state index in [0.29, 0.717) is 13.0 Å². The molecule has 1 aromatic carbocycles. The summed E-state index contributed by atoms with van der Waals surface area (Å²) in [4.78, 5) is 60.4. The minimum absolute atomic E-state index is 0.0788. The molecule has 10 heteroatoms. The van der Waals surface area contributed by atoms with Crippen molar-refractivity contribution in [2.24, 2.45) is 11.8 Å². The highest BCUT2D eigenvalue weighted by Gasteiger charge is 2.71. The molecule has 0 unspecified atom stereocenters. The average Bonchev–Trinajstić information content (AvgIpc) is 3.35. The lowest BCUT2D eigenvalue weighted by Gasteiger charge is -2.36. The topological polar surface area (TPSA) is 117 Å². The first kappa shape index (κ1) is 30.0. The Hall–Kier alpha value is -3.50. The second-order valence-corrected chi connectivity index (χ2v) is 11.9. The number of likely N-dealkylation sites (tertiary alicyclic amines) is 1. The number of aliphatic hydroxyl groups is 1. The largest absolute Gasteiger partial charge is 0.455 e. The molecule has 0 saturated carbocycles. The highest BCUT2D eigenvalue weighted by Crippen LogP contribution is 2.53. The van der Waals surface area contributed by atoms with Crippen LogP contribution in [0, 0.1) is 11.8 Å². The molecule has 4 heterocycles. The zero-order chi connectivity index (χ0) is 30.2. The minimum Gasteiger partial charge on any atom is -0.455 e. The summed E-state index contributed by atoms with van der Waals surface area (Å²) in [7, 11) is 1.70. The Labute approximate surface area is 246 Å². The van der Waals surface area contributed by atoms with Crippen LogP contribution in [0.5, 0.6) is 0 Å². The van der Waals surface area contributed by atoms with E-state index in [-0.39, 0.29) is 49.8 Å². The summed E-state index contributed by atoms with van der Waals surface area (Å²) in [5.41, 5.74) is -0.653. The maximum absolute atomic E-state index is 14.3. The van der Waals surface area contributed by atoms with Crippen molar-refractivity contribution in [1.82, 2.24) is 14.7 Å². The van der Waals surface area contributed by atoms with Crippen LogP contribution in [0.25, 0.3) is 0 Å². The highest BCUT2D eigenvalue weighted by atomic mass is 16.6. The number of hydrogen-bond acceptors (Lipinski definition) is 7. The van der Waals surface area contributed by atoms with Crippen LogP contribution < -0.4 is 0 Å². The van der Waals surface area contributed by atoms with Gasteiger partial charge in [0, 0.05) is 39.2 Å². The molecule has 5 rings (SSSR count). The summed E-state index contributed by atoms with van der Waals surface area (Å²) < 4.78 is 12.9. The number of cyclic esters (lactones) is 1. The van der Waals surface area contributed by atoms with Crippen molar-refractivity contribution in [2.75, 3.05) is 26.7 Å². The molecule has 0 aliphatic carbocycles. The van der Waals surface area contributed by atoms with Gasteiger partial charge in [0.05, 0.1) is 18.1 Å². The van der Waals surface area contributed by atoms with E-state index in [0.717, 1.165) is 5.56 Å². The molecular formula is C32H41N3O7. The number of ether oxygens (including phenoxy) is 2. The van der Waals surface area contributed by atoms with Crippen molar-refractivity contribution in [1.29, 1.82) is 0 Å². The number of carbonyl (C=O) groups excluding carboxylic acids is 4. The van der Waals surface area contributed by atoms with E-state index >= 15 is 0 Å². The number of nitrogens with zero attached hydrogens (tertiary/aromatic N) is 3. The molecule has 42 heavy (non-hydrogen) atoms. The van der Waals surface area contributed by atoms with Crippen LogP contribution in [0.4, 0.5) is 0 Å². The fourth-order valence-corrected chi connectivity index (χ4v) is 6.85. The fraction of sp³-hybridized carbons (Fsp3) is 0.562. The molecular weight excluding hydrogens is 538 g/mol. The summed E-state index contributed by atoms with van der Waals surface area (Å²) in [5.74, 6) is -3.32. The first-order valence-electron chi connectivity index (χ1n) is 14.9. The van der Waals surface area contributed by atoms with E-state index in [1.807, 2.05) is 57.2 Å². The zero-order valence-electron chi connectivity index (χ0n) is 24.7. The van der Waals surface area contributed by atoms with E-state index in [2.05, 4.69) is 0 Å². The molecule has 0 aromatic heterocycles. The molecule has 2 saturated heterocycles. The molecule has 10 nitrogen and oxygen atoms in total. The third-order valence-electron chi connectivity index (χ3n) is 9.14. The van der Waals surface area contributed by atoms with Gasteiger partial charge in [-0.05, 0) is 39.2 Å². The highest BCUT2D eigenvalue weighted by molar-refractivity contribution is 5.99. The van der Waals surface area contributed by atoms with Gasteiger partial charge in [0.2, 0.25) is 17.7 Å². The van der Waals surface area contributed by atoms with Crippen molar-refractivity contribution < 1.29 is 33.8 Å². The minimum atomic E-state index is -1.38. The lowest BCUT2D eigenvalue weighted by Crippen LogP contribution is -2.56.